The third kappa shape index (κ3) is 2.53. The van der Waals surface area contributed by atoms with Gasteiger partial charge >= 0.3 is 0 Å². The zero-order chi connectivity index (χ0) is 5.82. The van der Waals surface area contributed by atoms with E-state index in [2.05, 4.69) is 5.73 Å². The fraction of sp³-hybridized carbons (Fsp3) is 1.00. The molecule has 0 heterocycles. The number of rotatable bonds is 1. The van der Waals surface area contributed by atoms with E-state index in [0.717, 1.165) is 0 Å². The SMILES string of the molecule is Cl.[2H]NC1CCCCC1. The van der Waals surface area contributed by atoms with Gasteiger partial charge in [-0.05, 0) is 12.8 Å². The van der Waals surface area contributed by atoms with Crippen LogP contribution in [0.5, 0.6) is 0 Å². The third-order valence-electron chi connectivity index (χ3n) is 1.61. The van der Waals surface area contributed by atoms with Gasteiger partial charge < -0.3 is 5.73 Å². The first kappa shape index (κ1) is 6.37. The molecule has 0 radical (unpaired) electrons. The molecule has 0 aromatic rings. The summed E-state index contributed by atoms with van der Waals surface area (Å²) in [6.45, 7) is 0. The van der Waals surface area contributed by atoms with Crippen molar-refractivity contribution in [2.24, 2.45) is 5.73 Å². The van der Waals surface area contributed by atoms with Gasteiger partial charge in [0.05, 0.1) is 0 Å². The number of hydrogen-bond donors (Lipinski definition) is 1. The predicted octanol–water partition coefficient (Wildman–Crippen LogP) is 1.70. The molecule has 0 amide bonds. The Morgan fingerprint density at radius 3 is 2.25 bits per heavy atom. The van der Waals surface area contributed by atoms with Crippen molar-refractivity contribution in [2.45, 2.75) is 38.1 Å². The van der Waals surface area contributed by atoms with Crippen LogP contribution < -0.4 is 5.73 Å². The molecule has 1 rings (SSSR count). The zero-order valence-corrected chi connectivity index (χ0v) is 5.84. The number of nitrogens with two attached hydrogens (primary N) is 1. The minimum Gasteiger partial charge on any atom is -0.328 e. The van der Waals surface area contributed by atoms with E-state index in [0.29, 0.717) is 6.04 Å². The van der Waals surface area contributed by atoms with Crippen molar-refractivity contribution in [3.05, 3.63) is 0 Å². The van der Waals surface area contributed by atoms with Crippen LogP contribution in [0.3, 0.4) is 0 Å². The molecule has 0 atom stereocenters. The summed E-state index contributed by atoms with van der Waals surface area (Å²) in [5, 5.41) is 0. The van der Waals surface area contributed by atoms with Crippen LogP contribution in [0.2, 0.25) is 1.41 Å². The fourth-order valence-corrected chi connectivity index (χ4v) is 1.10. The van der Waals surface area contributed by atoms with Gasteiger partial charge in [0, 0.05) is 6.04 Å². The maximum atomic E-state index is 6.85. The quantitative estimate of drug-likeness (QED) is 0.584. The second-order valence-corrected chi connectivity index (χ2v) is 2.33. The van der Waals surface area contributed by atoms with Crippen LogP contribution in [0.4, 0.5) is 0 Å². The van der Waals surface area contributed by atoms with E-state index in [1.165, 1.54) is 32.1 Å². The molecule has 0 saturated heterocycles. The van der Waals surface area contributed by atoms with E-state index in [9.17, 15) is 0 Å². The van der Waals surface area contributed by atoms with Crippen molar-refractivity contribution in [1.29, 1.82) is 0 Å². The molecule has 2 heteroatoms. The molecule has 2 N–H and O–H groups in total. The van der Waals surface area contributed by atoms with Crippen molar-refractivity contribution >= 4 is 12.4 Å². The Labute approximate surface area is 58.5 Å². The second-order valence-electron chi connectivity index (χ2n) is 2.33. The average molecular weight is 137 g/mol. The van der Waals surface area contributed by atoms with Gasteiger partial charge in [0.2, 0.25) is 0 Å². The zero-order valence-electron chi connectivity index (χ0n) is 6.02. The van der Waals surface area contributed by atoms with Gasteiger partial charge in [-0.15, -0.1) is 12.4 Å². The molecule has 0 spiro atoms. The molecule has 8 heavy (non-hydrogen) atoms. The highest BCUT2D eigenvalue weighted by Gasteiger charge is 2.06. The van der Waals surface area contributed by atoms with Crippen molar-refractivity contribution in [3.8, 4) is 0 Å². The molecule has 0 aromatic heterocycles. The Balaban J connectivity index is 0.000000640. The van der Waals surface area contributed by atoms with Gasteiger partial charge in [0.15, 0.2) is 0 Å². The van der Waals surface area contributed by atoms with Crippen LogP contribution in [0.15, 0.2) is 0 Å². The summed E-state index contributed by atoms with van der Waals surface area (Å²) >= 11 is 0. The molecular weight excluding hydrogens is 122 g/mol. The standard InChI is InChI=1S/C6H13N.ClH/c7-6-4-2-1-3-5-6;/h6H,1-5,7H2;1H/i/hD. The summed E-state index contributed by atoms with van der Waals surface area (Å²) in [7, 11) is 0. The maximum absolute atomic E-state index is 6.85. The van der Waals surface area contributed by atoms with Crippen LogP contribution in [-0.2, 0) is 0 Å². The van der Waals surface area contributed by atoms with Gasteiger partial charge in [-0.3, -0.25) is 0 Å². The van der Waals surface area contributed by atoms with Crippen molar-refractivity contribution < 1.29 is 1.41 Å². The molecule has 1 aliphatic rings. The lowest BCUT2D eigenvalue weighted by Gasteiger charge is -2.15. The third-order valence-corrected chi connectivity index (χ3v) is 1.61. The van der Waals surface area contributed by atoms with Gasteiger partial charge in [0.25, 0.3) is 0 Å². The Hall–Kier alpha value is 0.250. The molecule has 0 bridgehead atoms. The van der Waals surface area contributed by atoms with Crippen LogP contribution in [0.25, 0.3) is 0 Å². The summed E-state index contributed by atoms with van der Waals surface area (Å²) < 4.78 is 6.85. The predicted molar refractivity (Wildman–Crippen MR) is 38.3 cm³/mol. The van der Waals surface area contributed by atoms with Gasteiger partial charge in [-0.1, -0.05) is 19.3 Å². The number of hydrogen-bond acceptors (Lipinski definition) is 1. The van der Waals surface area contributed by atoms with E-state index in [1.54, 1.807) is 0 Å². The Bertz CT molecular complexity index is 64.1. The van der Waals surface area contributed by atoms with E-state index in [4.69, 9.17) is 1.41 Å². The van der Waals surface area contributed by atoms with Gasteiger partial charge in [-0.2, -0.15) is 0 Å². The molecule has 1 aliphatic carbocycles. The molecule has 0 aliphatic heterocycles. The van der Waals surface area contributed by atoms with Crippen LogP contribution in [0.1, 0.15) is 32.1 Å². The summed E-state index contributed by atoms with van der Waals surface area (Å²) in [5.41, 5.74) is 2.55. The lowest BCUT2D eigenvalue weighted by Crippen LogP contribution is -2.22. The highest BCUT2D eigenvalue weighted by atomic mass is 35.5. The Morgan fingerprint density at radius 1 is 1.25 bits per heavy atom. The number of halogens is 1. The highest BCUT2D eigenvalue weighted by molar-refractivity contribution is 5.85. The summed E-state index contributed by atoms with van der Waals surface area (Å²) in [5.74, 6) is 0. The molecule has 0 aromatic carbocycles. The van der Waals surface area contributed by atoms with Crippen molar-refractivity contribution in [3.63, 3.8) is 0 Å². The van der Waals surface area contributed by atoms with Crippen molar-refractivity contribution in [2.75, 3.05) is 0 Å². The van der Waals surface area contributed by atoms with E-state index >= 15 is 0 Å². The smallest absolute Gasteiger partial charge is 0.119 e. The minimum absolute atomic E-state index is 0. The van der Waals surface area contributed by atoms with Crippen molar-refractivity contribution in [1.82, 2.24) is 0 Å². The molecular formula is C6H14ClN. The molecule has 0 unspecified atom stereocenters. The van der Waals surface area contributed by atoms with Crippen LogP contribution >= 0.6 is 12.4 Å². The Morgan fingerprint density at radius 2 is 1.88 bits per heavy atom. The van der Waals surface area contributed by atoms with Gasteiger partial charge in [-0.25, -0.2) is 0 Å². The van der Waals surface area contributed by atoms with E-state index < -0.39 is 0 Å². The Kier molecular flexibility index (Phi) is 3.31. The first-order chi connectivity index (χ1) is 3.93. The van der Waals surface area contributed by atoms with E-state index in [1.807, 2.05) is 0 Å². The topological polar surface area (TPSA) is 26.0 Å². The maximum Gasteiger partial charge on any atom is 0.119 e. The summed E-state index contributed by atoms with van der Waals surface area (Å²) in [4.78, 5) is 0. The van der Waals surface area contributed by atoms with Gasteiger partial charge in [0.1, 0.15) is 1.41 Å². The average Bonchev–Trinajstić information content (AvgIpc) is 1.90. The summed E-state index contributed by atoms with van der Waals surface area (Å²) in [6.07, 6.45) is 6.43. The first-order valence-corrected chi connectivity index (χ1v) is 3.11. The van der Waals surface area contributed by atoms with E-state index in [-0.39, 0.29) is 12.4 Å². The molecule has 1 fully saturated rings. The first-order valence-electron chi connectivity index (χ1n) is 3.61. The normalized spacial score (nSPS) is 23.8. The lowest BCUT2D eigenvalue weighted by molar-refractivity contribution is 0.441. The molecule has 50 valence electrons. The van der Waals surface area contributed by atoms with Crippen LogP contribution in [-0.4, -0.2) is 6.04 Å². The lowest BCUT2D eigenvalue weighted by atomic mass is 9.97. The monoisotopic (exact) mass is 136 g/mol. The molecule has 1 saturated carbocycles. The fourth-order valence-electron chi connectivity index (χ4n) is 1.10. The largest absolute Gasteiger partial charge is 0.328 e. The summed E-state index contributed by atoms with van der Waals surface area (Å²) in [6, 6.07) is 0.503. The van der Waals surface area contributed by atoms with Crippen LogP contribution in [0, 0.1) is 0 Å². The highest BCUT2D eigenvalue weighted by Crippen LogP contribution is 2.14. The minimum atomic E-state index is 0. The molecule has 1 nitrogen and oxygen atoms in total. The second kappa shape index (κ2) is 4.16.